The molecule has 1 saturated carbocycles. The molecule has 0 radical (unpaired) electrons. The predicted octanol–water partition coefficient (Wildman–Crippen LogP) is 0.224. The van der Waals surface area contributed by atoms with Crippen LogP contribution in [0.1, 0.15) is 6.42 Å². The van der Waals surface area contributed by atoms with Gasteiger partial charge in [0.15, 0.2) is 5.96 Å². The molecule has 8 heteroatoms. The highest BCUT2D eigenvalue weighted by atomic mass is 19.3. The lowest BCUT2D eigenvalue weighted by Gasteiger charge is -2.18. The van der Waals surface area contributed by atoms with E-state index in [4.69, 9.17) is 0 Å². The number of fused-ring (bicyclic) bond motifs is 5. The average molecular weight is 326 g/mol. The molecule has 0 aromatic heterocycles. The number of carbonyl (C=O) groups excluding carboxylic acids is 2. The molecule has 1 heterocycles. The zero-order valence-electron chi connectivity index (χ0n) is 12.8. The van der Waals surface area contributed by atoms with Crippen LogP contribution in [-0.2, 0) is 9.59 Å². The van der Waals surface area contributed by atoms with Gasteiger partial charge in [-0.1, -0.05) is 12.2 Å². The standard InChI is InChI=1S/C15H20F2N4O2/c1-18-15(20-7-10(16)17)19-4-5-21-13(22)11-8-2-3-9(6-8)12(11)14(21)23/h2-3,8-12H,4-7H2,1H3,(H2,18,19,20). The molecule has 2 amide bonds. The first-order chi connectivity index (χ1) is 11.0. The summed E-state index contributed by atoms with van der Waals surface area (Å²) in [6.07, 6.45) is 2.53. The highest BCUT2D eigenvalue weighted by Crippen LogP contribution is 2.52. The number of halogens is 2. The number of rotatable bonds is 5. The lowest BCUT2D eigenvalue weighted by molar-refractivity contribution is -0.140. The molecule has 4 atom stereocenters. The second-order valence-electron chi connectivity index (χ2n) is 6.10. The Kier molecular flexibility index (Phi) is 4.32. The minimum atomic E-state index is -2.47. The summed E-state index contributed by atoms with van der Waals surface area (Å²) in [5, 5.41) is 5.31. The Labute approximate surface area is 133 Å². The third kappa shape index (κ3) is 2.82. The normalized spacial score (nSPS) is 32.2. The van der Waals surface area contributed by atoms with Gasteiger partial charge in [0.2, 0.25) is 11.8 Å². The number of likely N-dealkylation sites (tertiary alicyclic amines) is 1. The van der Waals surface area contributed by atoms with Gasteiger partial charge in [-0.2, -0.15) is 0 Å². The number of aliphatic imine (C=N–C) groups is 1. The number of alkyl halides is 2. The van der Waals surface area contributed by atoms with Gasteiger partial charge in [0, 0.05) is 20.1 Å². The van der Waals surface area contributed by atoms with E-state index in [2.05, 4.69) is 27.8 Å². The molecule has 2 bridgehead atoms. The number of amides is 2. The quantitative estimate of drug-likeness (QED) is 0.328. The minimum Gasteiger partial charge on any atom is -0.355 e. The van der Waals surface area contributed by atoms with Crippen LogP contribution in [-0.4, -0.2) is 55.8 Å². The number of imide groups is 1. The monoisotopic (exact) mass is 326 g/mol. The maximum atomic E-state index is 12.4. The van der Waals surface area contributed by atoms with Crippen molar-refractivity contribution in [2.45, 2.75) is 12.8 Å². The zero-order valence-corrected chi connectivity index (χ0v) is 12.8. The Morgan fingerprint density at radius 3 is 2.39 bits per heavy atom. The number of guanidine groups is 1. The smallest absolute Gasteiger partial charge is 0.255 e. The van der Waals surface area contributed by atoms with Crippen LogP contribution in [0.3, 0.4) is 0 Å². The molecule has 126 valence electrons. The SMILES string of the molecule is CN=C(NCCN1C(=O)C2C3C=CC(C3)C2C1=O)NCC(F)F. The Morgan fingerprint density at radius 1 is 1.26 bits per heavy atom. The Bertz CT molecular complexity index is 534. The first-order valence-corrected chi connectivity index (χ1v) is 7.79. The largest absolute Gasteiger partial charge is 0.355 e. The van der Waals surface area contributed by atoms with Crippen molar-refractivity contribution in [3.05, 3.63) is 12.2 Å². The molecule has 2 fully saturated rings. The van der Waals surface area contributed by atoms with Gasteiger partial charge in [0.25, 0.3) is 6.43 Å². The third-order valence-electron chi connectivity index (χ3n) is 4.84. The van der Waals surface area contributed by atoms with Crippen LogP contribution in [0.4, 0.5) is 8.78 Å². The maximum absolute atomic E-state index is 12.4. The second-order valence-corrected chi connectivity index (χ2v) is 6.10. The first-order valence-electron chi connectivity index (χ1n) is 7.79. The van der Waals surface area contributed by atoms with Gasteiger partial charge in [-0.05, 0) is 18.3 Å². The van der Waals surface area contributed by atoms with Gasteiger partial charge in [0.05, 0.1) is 18.4 Å². The lowest BCUT2D eigenvalue weighted by Crippen LogP contribution is -2.44. The van der Waals surface area contributed by atoms with Crippen molar-refractivity contribution >= 4 is 17.8 Å². The third-order valence-corrected chi connectivity index (χ3v) is 4.84. The van der Waals surface area contributed by atoms with E-state index in [-0.39, 0.29) is 54.5 Å². The highest BCUT2D eigenvalue weighted by molar-refractivity contribution is 6.06. The van der Waals surface area contributed by atoms with Gasteiger partial charge in [-0.15, -0.1) is 0 Å². The van der Waals surface area contributed by atoms with Gasteiger partial charge in [-0.3, -0.25) is 19.5 Å². The summed E-state index contributed by atoms with van der Waals surface area (Å²) in [5.74, 6) is 0.0111. The molecule has 1 aliphatic heterocycles. The van der Waals surface area contributed by atoms with E-state index in [0.29, 0.717) is 0 Å². The van der Waals surface area contributed by atoms with Crippen LogP contribution in [0, 0.1) is 23.7 Å². The van der Waals surface area contributed by atoms with Crippen molar-refractivity contribution in [2.75, 3.05) is 26.7 Å². The van der Waals surface area contributed by atoms with Gasteiger partial charge >= 0.3 is 0 Å². The Morgan fingerprint density at radius 2 is 1.87 bits per heavy atom. The zero-order chi connectivity index (χ0) is 16.6. The van der Waals surface area contributed by atoms with Crippen LogP contribution >= 0.6 is 0 Å². The van der Waals surface area contributed by atoms with E-state index in [9.17, 15) is 18.4 Å². The molecule has 3 aliphatic rings. The topological polar surface area (TPSA) is 73.8 Å². The van der Waals surface area contributed by atoms with Gasteiger partial charge in [-0.25, -0.2) is 8.78 Å². The van der Waals surface area contributed by atoms with Crippen LogP contribution in [0.2, 0.25) is 0 Å². The Balaban J connectivity index is 1.52. The molecular formula is C15H20F2N4O2. The predicted molar refractivity (Wildman–Crippen MR) is 79.8 cm³/mol. The van der Waals surface area contributed by atoms with E-state index in [1.54, 1.807) is 0 Å². The van der Waals surface area contributed by atoms with Crippen LogP contribution in [0.5, 0.6) is 0 Å². The van der Waals surface area contributed by atoms with Crippen molar-refractivity contribution in [1.29, 1.82) is 0 Å². The summed E-state index contributed by atoms with van der Waals surface area (Å²) >= 11 is 0. The molecule has 1 saturated heterocycles. The highest BCUT2D eigenvalue weighted by Gasteiger charge is 2.58. The van der Waals surface area contributed by atoms with Crippen LogP contribution in [0.15, 0.2) is 17.1 Å². The molecule has 4 unspecified atom stereocenters. The van der Waals surface area contributed by atoms with Crippen molar-refractivity contribution in [1.82, 2.24) is 15.5 Å². The summed E-state index contributed by atoms with van der Waals surface area (Å²) in [5.41, 5.74) is 0. The van der Waals surface area contributed by atoms with E-state index < -0.39 is 13.0 Å². The fourth-order valence-electron chi connectivity index (χ4n) is 3.87. The number of nitrogens with zero attached hydrogens (tertiary/aromatic N) is 2. The van der Waals surface area contributed by atoms with E-state index in [1.165, 1.54) is 11.9 Å². The number of hydrogen-bond donors (Lipinski definition) is 2. The van der Waals surface area contributed by atoms with Gasteiger partial charge in [0.1, 0.15) is 0 Å². The fraction of sp³-hybridized carbons (Fsp3) is 0.667. The minimum absolute atomic E-state index is 0.103. The van der Waals surface area contributed by atoms with Crippen molar-refractivity contribution in [2.24, 2.45) is 28.7 Å². The second kappa shape index (κ2) is 6.25. The number of hydrogen-bond acceptors (Lipinski definition) is 3. The summed E-state index contributed by atoms with van der Waals surface area (Å²) in [7, 11) is 1.47. The average Bonchev–Trinajstić information content (AvgIpc) is 3.19. The number of nitrogens with one attached hydrogen (secondary N) is 2. The van der Waals surface area contributed by atoms with Gasteiger partial charge < -0.3 is 10.6 Å². The number of allylic oxidation sites excluding steroid dienone is 2. The molecule has 0 aromatic rings. The summed E-state index contributed by atoms with van der Waals surface area (Å²) in [6.45, 7) is 0.00248. The van der Waals surface area contributed by atoms with Crippen LogP contribution in [0.25, 0.3) is 0 Å². The molecule has 2 aliphatic carbocycles. The summed E-state index contributed by atoms with van der Waals surface area (Å²) in [6, 6.07) is 0. The molecule has 6 nitrogen and oxygen atoms in total. The summed E-state index contributed by atoms with van der Waals surface area (Å²) in [4.78, 5) is 30.0. The molecular weight excluding hydrogens is 306 g/mol. The molecule has 23 heavy (non-hydrogen) atoms. The van der Waals surface area contributed by atoms with Crippen molar-refractivity contribution in [3.8, 4) is 0 Å². The fourth-order valence-corrected chi connectivity index (χ4v) is 3.87. The van der Waals surface area contributed by atoms with Crippen LogP contribution < -0.4 is 10.6 Å². The van der Waals surface area contributed by atoms with Crippen molar-refractivity contribution in [3.63, 3.8) is 0 Å². The lowest BCUT2D eigenvalue weighted by atomic mass is 9.85. The first kappa shape index (κ1) is 15.9. The molecule has 3 rings (SSSR count). The number of carbonyl (C=O) groups is 2. The molecule has 0 aromatic carbocycles. The van der Waals surface area contributed by atoms with Crippen molar-refractivity contribution < 1.29 is 18.4 Å². The molecule has 2 N–H and O–H groups in total. The molecule has 0 spiro atoms. The van der Waals surface area contributed by atoms with E-state index in [1.807, 2.05) is 0 Å². The van der Waals surface area contributed by atoms with E-state index in [0.717, 1.165) is 6.42 Å². The maximum Gasteiger partial charge on any atom is 0.255 e. The Hall–Kier alpha value is -1.99. The summed E-state index contributed by atoms with van der Waals surface area (Å²) < 4.78 is 24.3. The van der Waals surface area contributed by atoms with E-state index >= 15 is 0 Å².